The average molecular weight is 386 g/mol. The maximum absolute atomic E-state index is 13.2. The number of pyridine rings is 1. The van der Waals surface area contributed by atoms with E-state index in [9.17, 15) is 24.5 Å². The van der Waals surface area contributed by atoms with Crippen molar-refractivity contribution in [1.82, 2.24) is 15.0 Å². The van der Waals surface area contributed by atoms with E-state index in [2.05, 4.69) is 15.0 Å². The third kappa shape index (κ3) is 2.34. The smallest absolute Gasteiger partial charge is 0.291 e. The van der Waals surface area contributed by atoms with Gasteiger partial charge in [0.2, 0.25) is 0 Å². The molecule has 140 valence electrons. The fourth-order valence-corrected chi connectivity index (χ4v) is 3.70. The van der Waals surface area contributed by atoms with E-state index in [4.69, 9.17) is 0 Å². The van der Waals surface area contributed by atoms with Crippen molar-refractivity contribution >= 4 is 22.5 Å². The number of nitrogens with zero attached hydrogens (tertiary/aromatic N) is 2. The van der Waals surface area contributed by atoms with Crippen molar-refractivity contribution in [1.29, 1.82) is 0 Å². The highest BCUT2D eigenvalue weighted by Crippen LogP contribution is 2.42. The lowest BCUT2D eigenvalue weighted by atomic mass is 9.95. The Bertz CT molecular complexity index is 1500. The van der Waals surface area contributed by atoms with E-state index in [0.717, 1.165) is 0 Å². The van der Waals surface area contributed by atoms with E-state index in [1.807, 2.05) is 0 Å². The van der Waals surface area contributed by atoms with Crippen LogP contribution in [0.4, 0.5) is 5.69 Å². The number of aromatic amines is 2. The summed E-state index contributed by atoms with van der Waals surface area (Å²) in [5.74, 6) is -0.336. The number of nitro groups is 1. The topological polar surface area (TPSA) is 139 Å². The molecule has 4 aromatic rings. The van der Waals surface area contributed by atoms with Gasteiger partial charge in [-0.15, -0.1) is 0 Å². The molecule has 9 nitrogen and oxygen atoms in total. The number of rotatable bonds is 2. The summed E-state index contributed by atoms with van der Waals surface area (Å²) in [7, 11) is 0. The average Bonchev–Trinajstić information content (AvgIpc) is 2.99. The third-order valence-corrected chi connectivity index (χ3v) is 4.88. The molecule has 0 fully saturated rings. The normalized spacial score (nSPS) is 12.1. The number of hydrogen-bond acceptors (Lipinski definition) is 6. The van der Waals surface area contributed by atoms with Crippen LogP contribution < -0.4 is 11.2 Å². The summed E-state index contributed by atoms with van der Waals surface area (Å²) < 4.78 is 0. The second-order valence-corrected chi connectivity index (χ2v) is 6.52. The van der Waals surface area contributed by atoms with E-state index in [1.165, 1.54) is 18.2 Å². The predicted molar refractivity (Wildman–Crippen MR) is 104 cm³/mol. The SMILES string of the molecule is O=C1c2ccccc2-c2nc3[nH]c(=O)[nH]c(=O)c3c(-c3cccc([N+](=O)[O-])c3)c21. The first-order chi connectivity index (χ1) is 14.0. The highest BCUT2D eigenvalue weighted by atomic mass is 16.6. The van der Waals surface area contributed by atoms with Crippen molar-refractivity contribution < 1.29 is 9.72 Å². The Kier molecular flexibility index (Phi) is 3.35. The molecule has 29 heavy (non-hydrogen) atoms. The Balaban J connectivity index is 2.00. The van der Waals surface area contributed by atoms with Gasteiger partial charge >= 0.3 is 5.69 Å². The number of fused-ring (bicyclic) bond motifs is 4. The largest absolute Gasteiger partial charge is 0.327 e. The van der Waals surface area contributed by atoms with Gasteiger partial charge in [0.05, 0.1) is 21.6 Å². The summed E-state index contributed by atoms with van der Waals surface area (Å²) >= 11 is 0. The zero-order chi connectivity index (χ0) is 20.3. The molecule has 0 bridgehead atoms. The van der Waals surface area contributed by atoms with Gasteiger partial charge in [0.1, 0.15) is 5.65 Å². The molecule has 0 saturated heterocycles. The van der Waals surface area contributed by atoms with Crippen LogP contribution in [0, 0.1) is 10.1 Å². The van der Waals surface area contributed by atoms with Crippen LogP contribution in [0.15, 0.2) is 58.1 Å². The summed E-state index contributed by atoms with van der Waals surface area (Å²) in [6, 6.07) is 12.5. The van der Waals surface area contributed by atoms with Crippen molar-refractivity contribution in [3.8, 4) is 22.4 Å². The van der Waals surface area contributed by atoms with Crippen LogP contribution in [0.2, 0.25) is 0 Å². The van der Waals surface area contributed by atoms with Gasteiger partial charge in [-0.3, -0.25) is 29.7 Å². The van der Waals surface area contributed by atoms with E-state index >= 15 is 0 Å². The Morgan fingerprint density at radius 1 is 0.897 bits per heavy atom. The van der Waals surface area contributed by atoms with Crippen LogP contribution in [-0.2, 0) is 0 Å². The number of carbonyl (C=O) groups is 1. The molecule has 0 atom stereocenters. The highest BCUT2D eigenvalue weighted by molar-refractivity contribution is 6.26. The zero-order valence-electron chi connectivity index (χ0n) is 14.6. The van der Waals surface area contributed by atoms with Crippen LogP contribution in [0.3, 0.4) is 0 Å². The number of benzene rings is 2. The Morgan fingerprint density at radius 2 is 1.66 bits per heavy atom. The molecular weight excluding hydrogens is 376 g/mol. The minimum atomic E-state index is -0.738. The maximum Gasteiger partial charge on any atom is 0.327 e. The van der Waals surface area contributed by atoms with Crippen molar-refractivity contribution in [2.45, 2.75) is 0 Å². The van der Waals surface area contributed by atoms with Gasteiger partial charge in [0.25, 0.3) is 11.2 Å². The summed E-state index contributed by atoms with van der Waals surface area (Å²) in [6.45, 7) is 0. The van der Waals surface area contributed by atoms with E-state index in [0.29, 0.717) is 22.4 Å². The van der Waals surface area contributed by atoms with E-state index < -0.39 is 16.2 Å². The third-order valence-electron chi connectivity index (χ3n) is 4.88. The molecular formula is C20H10N4O5. The minimum absolute atomic E-state index is 0.00325. The summed E-state index contributed by atoms with van der Waals surface area (Å²) in [6.07, 6.45) is 0. The molecule has 0 saturated carbocycles. The van der Waals surface area contributed by atoms with Crippen molar-refractivity contribution in [3.63, 3.8) is 0 Å². The summed E-state index contributed by atoms with van der Waals surface area (Å²) in [5.41, 5.74) is 0.333. The molecule has 2 aromatic heterocycles. The van der Waals surface area contributed by atoms with Gasteiger partial charge < -0.3 is 0 Å². The van der Waals surface area contributed by atoms with Crippen LogP contribution in [0.25, 0.3) is 33.4 Å². The molecule has 0 spiro atoms. The molecule has 2 heterocycles. The zero-order valence-corrected chi connectivity index (χ0v) is 14.6. The van der Waals surface area contributed by atoms with Crippen LogP contribution in [0.1, 0.15) is 15.9 Å². The number of non-ortho nitro benzene ring substituents is 1. The first-order valence-corrected chi connectivity index (χ1v) is 8.55. The Labute approximate surface area is 160 Å². The maximum atomic E-state index is 13.2. The Morgan fingerprint density at radius 3 is 2.41 bits per heavy atom. The van der Waals surface area contributed by atoms with E-state index in [1.54, 1.807) is 30.3 Å². The number of aromatic nitrogens is 3. The first-order valence-electron chi connectivity index (χ1n) is 8.55. The fourth-order valence-electron chi connectivity index (χ4n) is 3.70. The van der Waals surface area contributed by atoms with Crippen LogP contribution in [-0.4, -0.2) is 25.7 Å². The van der Waals surface area contributed by atoms with Crippen molar-refractivity contribution in [2.24, 2.45) is 0 Å². The second kappa shape index (κ2) is 5.80. The van der Waals surface area contributed by atoms with E-state index in [-0.39, 0.29) is 33.6 Å². The lowest BCUT2D eigenvalue weighted by molar-refractivity contribution is -0.384. The molecule has 0 radical (unpaired) electrons. The highest BCUT2D eigenvalue weighted by Gasteiger charge is 2.33. The number of ketones is 1. The molecule has 1 aliphatic rings. The van der Waals surface area contributed by atoms with Gasteiger partial charge in [-0.25, -0.2) is 9.78 Å². The molecule has 2 aromatic carbocycles. The quantitative estimate of drug-likeness (QED) is 0.353. The number of H-pyrrole nitrogens is 2. The van der Waals surface area contributed by atoms with Gasteiger partial charge in [-0.05, 0) is 5.56 Å². The van der Waals surface area contributed by atoms with Crippen molar-refractivity contribution in [2.75, 3.05) is 0 Å². The minimum Gasteiger partial charge on any atom is -0.291 e. The lowest BCUT2D eigenvalue weighted by Gasteiger charge is -2.11. The molecule has 1 aliphatic carbocycles. The predicted octanol–water partition coefficient (Wildman–Crippen LogP) is 2.40. The fraction of sp³-hybridized carbons (Fsp3) is 0. The number of hydrogen-bond donors (Lipinski definition) is 2. The van der Waals surface area contributed by atoms with Gasteiger partial charge in [-0.1, -0.05) is 36.4 Å². The lowest BCUT2D eigenvalue weighted by Crippen LogP contribution is -2.23. The Hall–Kier alpha value is -4.40. The molecule has 5 rings (SSSR count). The summed E-state index contributed by atoms with van der Waals surface area (Å²) in [5, 5.41) is 11.2. The first kappa shape index (κ1) is 16.8. The van der Waals surface area contributed by atoms with Crippen LogP contribution >= 0.6 is 0 Å². The second-order valence-electron chi connectivity index (χ2n) is 6.52. The number of carbonyl (C=O) groups excluding carboxylic acids is 1. The standard InChI is InChI=1S/C20H10N4O5/c25-17-12-7-2-1-6-11(12)16-14(17)13(9-4-3-5-10(8-9)24(28)29)15-18(21-16)22-20(27)23-19(15)26/h1-8H,(H2,21,22,23,26,27). The molecule has 2 N–H and O–H groups in total. The van der Waals surface area contributed by atoms with Crippen LogP contribution in [0.5, 0.6) is 0 Å². The molecule has 0 unspecified atom stereocenters. The number of nitrogens with one attached hydrogen (secondary N) is 2. The van der Waals surface area contributed by atoms with Crippen molar-refractivity contribution in [3.05, 3.63) is 90.6 Å². The number of nitro benzene ring substituents is 1. The van der Waals surface area contributed by atoms with Gasteiger partial charge in [-0.2, -0.15) is 0 Å². The van der Waals surface area contributed by atoms with Gasteiger partial charge in [0.15, 0.2) is 5.78 Å². The monoisotopic (exact) mass is 386 g/mol. The molecule has 0 aliphatic heterocycles. The molecule has 0 amide bonds. The van der Waals surface area contributed by atoms with Gasteiger partial charge in [0, 0.05) is 28.8 Å². The summed E-state index contributed by atoms with van der Waals surface area (Å²) in [4.78, 5) is 57.3. The molecule has 9 heteroatoms.